The Morgan fingerprint density at radius 2 is 1.12 bits per heavy atom. The number of hydrogen-bond donors (Lipinski definition) is 0. The highest BCUT2D eigenvalue weighted by molar-refractivity contribution is 6.09. The average molecular weight is 649 g/mol. The standard InChI is InChI=1S/C48H44N2/c1-31-12-11-16-44-43-15-7-10-19-47(43)50(48(31)44)39-28-29-40(32(2)30-39)34(4)37-22-20-35(21-23-37)33(3)36-24-26-38(27-25-36)49-45-17-8-5-13-41(45)42-14-6-9-18-46(42)49/h5-11,13-34,40H,12H2,1-4H3. The molecule has 9 rings (SSSR count). The minimum atomic E-state index is 0.310. The largest absolute Gasteiger partial charge is 0.313 e. The van der Waals surface area contributed by atoms with Gasteiger partial charge in [0.25, 0.3) is 0 Å². The van der Waals surface area contributed by atoms with E-state index in [0.29, 0.717) is 29.6 Å². The number of rotatable bonds is 6. The zero-order valence-corrected chi connectivity index (χ0v) is 29.4. The van der Waals surface area contributed by atoms with Gasteiger partial charge in [-0.05, 0) is 77.3 Å². The molecule has 0 N–H and O–H groups in total. The fourth-order valence-corrected chi connectivity index (χ4v) is 8.93. The smallest absolute Gasteiger partial charge is 0.0541 e. The van der Waals surface area contributed by atoms with Crippen molar-refractivity contribution in [3.8, 4) is 5.69 Å². The number of hydrogen-bond acceptors (Lipinski definition) is 0. The van der Waals surface area contributed by atoms with Crippen molar-refractivity contribution >= 4 is 44.5 Å². The van der Waals surface area contributed by atoms with E-state index >= 15 is 0 Å². The van der Waals surface area contributed by atoms with Gasteiger partial charge < -0.3 is 9.13 Å². The Morgan fingerprint density at radius 3 is 1.74 bits per heavy atom. The topological polar surface area (TPSA) is 9.86 Å². The molecule has 246 valence electrons. The molecule has 50 heavy (non-hydrogen) atoms. The normalized spacial score (nSPS) is 19.9. The van der Waals surface area contributed by atoms with Gasteiger partial charge in [0, 0.05) is 50.6 Å². The number of benzene rings is 5. The lowest BCUT2D eigenvalue weighted by molar-refractivity contribution is 0.436. The van der Waals surface area contributed by atoms with Gasteiger partial charge in [-0.25, -0.2) is 0 Å². The summed E-state index contributed by atoms with van der Waals surface area (Å²) in [5.74, 6) is 2.12. The van der Waals surface area contributed by atoms with Crippen molar-refractivity contribution in [3.63, 3.8) is 0 Å². The molecule has 7 aromatic rings. The van der Waals surface area contributed by atoms with Crippen molar-refractivity contribution in [3.05, 3.63) is 174 Å². The predicted octanol–water partition coefficient (Wildman–Crippen LogP) is 12.9. The summed E-state index contributed by atoms with van der Waals surface area (Å²) in [6, 6.07) is 44.9. The summed E-state index contributed by atoms with van der Waals surface area (Å²) in [4.78, 5) is 0. The first-order valence-electron chi connectivity index (χ1n) is 18.4. The Bertz CT molecular complexity index is 2410. The van der Waals surface area contributed by atoms with Gasteiger partial charge in [-0.3, -0.25) is 0 Å². The molecule has 5 atom stereocenters. The van der Waals surface area contributed by atoms with Crippen LogP contribution in [0.4, 0.5) is 0 Å². The van der Waals surface area contributed by atoms with Gasteiger partial charge in [0.1, 0.15) is 0 Å². The van der Waals surface area contributed by atoms with Gasteiger partial charge in [0.05, 0.1) is 16.6 Å². The summed E-state index contributed by atoms with van der Waals surface area (Å²) < 4.78 is 4.93. The maximum Gasteiger partial charge on any atom is 0.0541 e. The van der Waals surface area contributed by atoms with Crippen molar-refractivity contribution in [2.24, 2.45) is 11.8 Å². The molecule has 5 aromatic carbocycles. The van der Waals surface area contributed by atoms with Crippen molar-refractivity contribution in [2.75, 3.05) is 0 Å². The van der Waals surface area contributed by atoms with Crippen molar-refractivity contribution < 1.29 is 0 Å². The van der Waals surface area contributed by atoms with E-state index in [0.717, 1.165) is 6.42 Å². The maximum absolute atomic E-state index is 2.54. The quantitative estimate of drug-likeness (QED) is 0.170. The van der Waals surface area contributed by atoms with Crippen LogP contribution < -0.4 is 0 Å². The zero-order valence-electron chi connectivity index (χ0n) is 29.4. The molecule has 0 saturated carbocycles. The second kappa shape index (κ2) is 12.2. The summed E-state index contributed by atoms with van der Waals surface area (Å²) in [6.07, 6.45) is 13.1. The molecular weight excluding hydrogens is 605 g/mol. The summed E-state index contributed by atoms with van der Waals surface area (Å²) in [5.41, 5.74) is 13.3. The van der Waals surface area contributed by atoms with Gasteiger partial charge in [0.2, 0.25) is 0 Å². The molecule has 2 aliphatic carbocycles. The van der Waals surface area contributed by atoms with E-state index in [4.69, 9.17) is 0 Å². The van der Waals surface area contributed by atoms with Crippen LogP contribution in [0.15, 0.2) is 146 Å². The second-order valence-electron chi connectivity index (χ2n) is 14.7. The molecule has 5 unspecified atom stereocenters. The number of para-hydroxylation sites is 3. The molecule has 0 radical (unpaired) electrons. The Kier molecular flexibility index (Phi) is 7.50. The molecule has 0 amide bonds. The SMILES string of the molecule is CC1CC=Cc2c1n(C1=CC(C)C(C(C)c3ccc(C(C)c4ccc(-n5c6ccccc6c6ccccc65)cc4)cc3)C=C1)c1ccccc21. The van der Waals surface area contributed by atoms with Gasteiger partial charge >= 0.3 is 0 Å². The maximum atomic E-state index is 2.54. The third kappa shape index (κ3) is 4.92. The van der Waals surface area contributed by atoms with Gasteiger partial charge in [-0.1, -0.05) is 143 Å². The lowest BCUT2D eigenvalue weighted by atomic mass is 9.76. The summed E-state index contributed by atoms with van der Waals surface area (Å²) >= 11 is 0. The van der Waals surface area contributed by atoms with Crippen LogP contribution >= 0.6 is 0 Å². The van der Waals surface area contributed by atoms with E-state index in [1.54, 1.807) is 0 Å². The molecular formula is C48H44N2. The summed E-state index contributed by atoms with van der Waals surface area (Å²) in [7, 11) is 0. The first-order valence-corrected chi connectivity index (χ1v) is 18.4. The van der Waals surface area contributed by atoms with E-state index in [-0.39, 0.29) is 0 Å². The Labute approximate surface area is 295 Å². The van der Waals surface area contributed by atoms with Crippen LogP contribution in [-0.2, 0) is 0 Å². The second-order valence-corrected chi connectivity index (χ2v) is 14.7. The molecule has 2 aromatic heterocycles. The highest BCUT2D eigenvalue weighted by atomic mass is 15.0. The number of fused-ring (bicyclic) bond motifs is 6. The van der Waals surface area contributed by atoms with E-state index < -0.39 is 0 Å². The van der Waals surface area contributed by atoms with Crippen molar-refractivity contribution in [1.82, 2.24) is 9.13 Å². The van der Waals surface area contributed by atoms with Crippen LogP contribution in [-0.4, -0.2) is 9.13 Å². The zero-order chi connectivity index (χ0) is 33.9. The Hall–Kier alpha value is -5.34. The average Bonchev–Trinajstić information content (AvgIpc) is 3.68. The van der Waals surface area contributed by atoms with E-state index in [2.05, 4.69) is 189 Å². The van der Waals surface area contributed by atoms with Crippen LogP contribution in [0.3, 0.4) is 0 Å². The molecule has 2 heterocycles. The number of nitrogens with zero attached hydrogens (tertiary/aromatic N) is 2. The first kappa shape index (κ1) is 30.7. The Morgan fingerprint density at radius 1 is 0.580 bits per heavy atom. The highest BCUT2D eigenvalue weighted by Gasteiger charge is 2.28. The fourth-order valence-electron chi connectivity index (χ4n) is 8.93. The Balaban J connectivity index is 0.941. The van der Waals surface area contributed by atoms with Crippen molar-refractivity contribution in [2.45, 2.75) is 51.9 Å². The molecule has 0 bridgehead atoms. The van der Waals surface area contributed by atoms with E-state index in [1.807, 2.05) is 0 Å². The molecule has 2 nitrogen and oxygen atoms in total. The van der Waals surface area contributed by atoms with Crippen LogP contribution in [0.25, 0.3) is 50.2 Å². The van der Waals surface area contributed by atoms with Crippen LogP contribution in [0.1, 0.15) is 79.8 Å². The monoisotopic (exact) mass is 648 g/mol. The van der Waals surface area contributed by atoms with E-state index in [9.17, 15) is 0 Å². The predicted molar refractivity (Wildman–Crippen MR) is 213 cm³/mol. The van der Waals surface area contributed by atoms with Crippen LogP contribution in [0.5, 0.6) is 0 Å². The highest BCUT2D eigenvalue weighted by Crippen LogP contribution is 2.42. The van der Waals surface area contributed by atoms with Gasteiger partial charge in [-0.15, -0.1) is 0 Å². The molecule has 2 aliphatic rings. The minimum Gasteiger partial charge on any atom is -0.313 e. The van der Waals surface area contributed by atoms with Gasteiger partial charge in [-0.2, -0.15) is 0 Å². The third-order valence-corrected chi connectivity index (χ3v) is 11.8. The fraction of sp³-hybridized carbons (Fsp3) is 0.208. The van der Waals surface area contributed by atoms with Crippen molar-refractivity contribution in [1.29, 1.82) is 0 Å². The first-order chi connectivity index (χ1) is 24.5. The number of aromatic nitrogens is 2. The molecule has 2 heteroatoms. The molecule has 0 aliphatic heterocycles. The van der Waals surface area contributed by atoms with Gasteiger partial charge in [0.15, 0.2) is 0 Å². The number of allylic oxidation sites excluding steroid dienone is 5. The van der Waals surface area contributed by atoms with E-state index in [1.165, 1.54) is 72.0 Å². The van der Waals surface area contributed by atoms with Crippen LogP contribution in [0.2, 0.25) is 0 Å². The lowest BCUT2D eigenvalue weighted by Gasteiger charge is -2.30. The van der Waals surface area contributed by atoms with Crippen LogP contribution in [0, 0.1) is 11.8 Å². The lowest BCUT2D eigenvalue weighted by Crippen LogP contribution is -2.19. The third-order valence-electron chi connectivity index (χ3n) is 11.8. The minimum absolute atomic E-state index is 0.310. The summed E-state index contributed by atoms with van der Waals surface area (Å²) in [5, 5.41) is 3.95. The summed E-state index contributed by atoms with van der Waals surface area (Å²) in [6.45, 7) is 9.49. The molecule has 0 saturated heterocycles. The molecule has 0 spiro atoms. The molecule has 0 fully saturated rings.